The van der Waals surface area contributed by atoms with Gasteiger partial charge >= 0.3 is 0 Å². The van der Waals surface area contributed by atoms with E-state index in [1.54, 1.807) is 6.08 Å². The third-order valence-electron chi connectivity index (χ3n) is 6.65. The molecule has 0 amide bonds. The Hall–Kier alpha value is -2.84. The molecule has 3 aliphatic heterocycles. The summed E-state index contributed by atoms with van der Waals surface area (Å²) >= 11 is 9.85. The molecule has 3 heterocycles. The lowest BCUT2D eigenvalue weighted by Gasteiger charge is -2.30. The summed E-state index contributed by atoms with van der Waals surface area (Å²) in [7, 11) is 0. The second-order valence-corrected chi connectivity index (χ2v) is 10.4. The number of allylic oxidation sites excluding steroid dienone is 1. The van der Waals surface area contributed by atoms with Gasteiger partial charge in [-0.25, -0.2) is 0 Å². The first-order chi connectivity index (χ1) is 17.5. The molecule has 0 bridgehead atoms. The highest BCUT2D eigenvalue weighted by molar-refractivity contribution is 9.10. The third kappa shape index (κ3) is 4.30. The quantitative estimate of drug-likeness (QED) is 0.345. The van der Waals surface area contributed by atoms with Crippen LogP contribution >= 0.6 is 27.5 Å². The SMILES string of the molecule is Cc1c2c(cc3c1O/C(=C\c1cc(Br)cc4c1OCOC4)C3=O)CN(CCc1ccccc1Cl)CO2. The molecule has 3 aliphatic rings. The molecule has 0 unspecified atom stereocenters. The fourth-order valence-electron chi connectivity index (χ4n) is 4.88. The van der Waals surface area contributed by atoms with Gasteiger partial charge < -0.3 is 18.9 Å². The first kappa shape index (κ1) is 23.6. The van der Waals surface area contributed by atoms with Gasteiger partial charge in [-0.3, -0.25) is 9.69 Å². The Balaban J connectivity index is 1.26. The fourth-order valence-corrected chi connectivity index (χ4v) is 5.63. The Morgan fingerprint density at radius 2 is 1.94 bits per heavy atom. The minimum absolute atomic E-state index is 0.148. The molecular weight excluding hydrogens is 546 g/mol. The van der Waals surface area contributed by atoms with E-state index >= 15 is 0 Å². The number of benzene rings is 3. The smallest absolute Gasteiger partial charge is 0.231 e. The molecular formula is C28H23BrClNO5. The summed E-state index contributed by atoms with van der Waals surface area (Å²) in [6.07, 6.45) is 2.56. The van der Waals surface area contributed by atoms with Crippen molar-refractivity contribution in [3.63, 3.8) is 0 Å². The Morgan fingerprint density at radius 3 is 2.81 bits per heavy atom. The minimum atomic E-state index is -0.148. The highest BCUT2D eigenvalue weighted by atomic mass is 79.9. The first-order valence-electron chi connectivity index (χ1n) is 11.7. The van der Waals surface area contributed by atoms with Crippen molar-refractivity contribution in [1.29, 1.82) is 0 Å². The Labute approximate surface area is 222 Å². The molecule has 3 aromatic rings. The van der Waals surface area contributed by atoms with Crippen LogP contribution in [0.15, 0.2) is 52.7 Å². The maximum absolute atomic E-state index is 13.4. The normalized spacial score (nSPS) is 17.6. The van der Waals surface area contributed by atoms with Crippen LogP contribution in [0.3, 0.4) is 0 Å². The number of ether oxygens (including phenoxy) is 4. The fraction of sp³-hybridized carbons (Fsp3) is 0.250. The first-order valence-corrected chi connectivity index (χ1v) is 12.9. The number of hydrogen-bond donors (Lipinski definition) is 0. The number of hydrogen-bond acceptors (Lipinski definition) is 6. The van der Waals surface area contributed by atoms with Gasteiger partial charge in [-0.2, -0.15) is 0 Å². The summed E-state index contributed by atoms with van der Waals surface area (Å²) in [6, 6.07) is 13.7. The second-order valence-electron chi connectivity index (χ2n) is 9.07. The van der Waals surface area contributed by atoms with E-state index in [0.717, 1.165) is 56.0 Å². The van der Waals surface area contributed by atoms with Crippen LogP contribution in [-0.2, 0) is 24.3 Å². The minimum Gasteiger partial charge on any atom is -0.477 e. The molecule has 0 fully saturated rings. The lowest BCUT2D eigenvalue weighted by molar-refractivity contribution is -0.0165. The van der Waals surface area contributed by atoms with E-state index < -0.39 is 0 Å². The highest BCUT2D eigenvalue weighted by Gasteiger charge is 2.34. The molecule has 0 saturated heterocycles. The van der Waals surface area contributed by atoms with Gasteiger partial charge in [0.25, 0.3) is 0 Å². The zero-order valence-corrected chi connectivity index (χ0v) is 21.9. The molecule has 8 heteroatoms. The summed E-state index contributed by atoms with van der Waals surface area (Å²) in [5.74, 6) is 2.17. The molecule has 0 spiro atoms. The second kappa shape index (κ2) is 9.56. The van der Waals surface area contributed by atoms with Crippen molar-refractivity contribution in [1.82, 2.24) is 4.90 Å². The molecule has 0 saturated carbocycles. The van der Waals surface area contributed by atoms with Crippen molar-refractivity contribution < 1.29 is 23.7 Å². The average Bonchev–Trinajstić information content (AvgIpc) is 3.18. The number of fused-ring (bicyclic) bond motifs is 3. The van der Waals surface area contributed by atoms with E-state index in [2.05, 4.69) is 20.8 Å². The zero-order chi connectivity index (χ0) is 24.8. The van der Waals surface area contributed by atoms with Gasteiger partial charge in [0.05, 0.1) is 12.2 Å². The van der Waals surface area contributed by atoms with Crippen LogP contribution in [0.4, 0.5) is 0 Å². The topological polar surface area (TPSA) is 57.2 Å². The number of carbonyl (C=O) groups is 1. The molecule has 3 aromatic carbocycles. The van der Waals surface area contributed by atoms with E-state index in [1.165, 1.54) is 0 Å². The Bertz CT molecular complexity index is 1420. The van der Waals surface area contributed by atoms with Crippen LogP contribution in [0.25, 0.3) is 6.08 Å². The molecule has 184 valence electrons. The van der Waals surface area contributed by atoms with Crippen molar-refractivity contribution >= 4 is 39.4 Å². The maximum Gasteiger partial charge on any atom is 0.231 e. The number of Topliss-reactive ketones (excluding diaryl/α,β-unsaturated/α-hetero) is 1. The zero-order valence-electron chi connectivity index (χ0n) is 19.6. The van der Waals surface area contributed by atoms with Gasteiger partial charge in [0, 0.05) is 44.8 Å². The molecule has 6 rings (SSSR count). The van der Waals surface area contributed by atoms with Crippen molar-refractivity contribution in [3.8, 4) is 17.2 Å². The molecule has 36 heavy (non-hydrogen) atoms. The Morgan fingerprint density at radius 1 is 1.08 bits per heavy atom. The van der Waals surface area contributed by atoms with Crippen molar-refractivity contribution in [2.75, 3.05) is 20.1 Å². The van der Waals surface area contributed by atoms with Crippen LogP contribution in [0.5, 0.6) is 17.2 Å². The van der Waals surface area contributed by atoms with E-state index in [9.17, 15) is 4.79 Å². The van der Waals surface area contributed by atoms with Crippen molar-refractivity contribution in [2.45, 2.75) is 26.5 Å². The lowest BCUT2D eigenvalue weighted by Crippen LogP contribution is -2.34. The van der Waals surface area contributed by atoms with Gasteiger partial charge in [0.1, 0.15) is 24.0 Å². The molecule has 0 atom stereocenters. The van der Waals surface area contributed by atoms with Gasteiger partial charge in [-0.15, -0.1) is 0 Å². The van der Waals surface area contributed by atoms with E-state index in [4.69, 9.17) is 30.5 Å². The predicted molar refractivity (Wildman–Crippen MR) is 140 cm³/mol. The molecule has 0 radical (unpaired) electrons. The molecule has 0 aliphatic carbocycles. The predicted octanol–water partition coefficient (Wildman–Crippen LogP) is 6.29. The number of rotatable bonds is 4. The Kier molecular flexibility index (Phi) is 6.25. The summed E-state index contributed by atoms with van der Waals surface area (Å²) in [6.45, 7) is 4.53. The van der Waals surface area contributed by atoms with E-state index in [-0.39, 0.29) is 18.3 Å². The van der Waals surface area contributed by atoms with Gasteiger partial charge in [0.15, 0.2) is 12.6 Å². The summed E-state index contributed by atoms with van der Waals surface area (Å²) < 4.78 is 24.2. The third-order valence-corrected chi connectivity index (χ3v) is 7.47. The molecule has 6 nitrogen and oxygen atoms in total. The van der Waals surface area contributed by atoms with E-state index in [0.29, 0.717) is 36.9 Å². The van der Waals surface area contributed by atoms with Gasteiger partial charge in [-0.1, -0.05) is 45.7 Å². The van der Waals surface area contributed by atoms with Crippen molar-refractivity contribution in [2.24, 2.45) is 0 Å². The number of halogens is 2. The number of nitrogens with zero attached hydrogens (tertiary/aromatic N) is 1. The molecule has 0 aromatic heterocycles. The molecule has 0 N–H and O–H groups in total. The van der Waals surface area contributed by atoms with Gasteiger partial charge in [0.2, 0.25) is 5.78 Å². The van der Waals surface area contributed by atoms with Crippen LogP contribution in [-0.4, -0.2) is 30.8 Å². The van der Waals surface area contributed by atoms with Crippen molar-refractivity contribution in [3.05, 3.63) is 91.1 Å². The van der Waals surface area contributed by atoms with Crippen LogP contribution < -0.4 is 14.2 Å². The lowest BCUT2D eigenvalue weighted by atomic mass is 9.99. The van der Waals surface area contributed by atoms with Crippen LogP contribution in [0, 0.1) is 6.92 Å². The van der Waals surface area contributed by atoms with E-state index in [1.807, 2.05) is 49.4 Å². The summed E-state index contributed by atoms with van der Waals surface area (Å²) in [4.78, 5) is 15.6. The van der Waals surface area contributed by atoms with Crippen LogP contribution in [0.1, 0.15) is 38.2 Å². The monoisotopic (exact) mass is 567 g/mol. The number of ketones is 1. The standard InChI is InChI=1S/C28H23BrClNO5/c1-16-26-19(12-31(14-34-26)7-6-17-4-2-3-5-23(17)30)10-22-25(32)24(36-27(16)22)11-18-8-21(29)9-20-13-33-15-35-28(18)20/h2-5,8-11H,6-7,12-15H2,1H3/b24-11-. The largest absolute Gasteiger partial charge is 0.477 e. The maximum atomic E-state index is 13.4. The highest BCUT2D eigenvalue weighted by Crippen LogP contribution is 2.44. The van der Waals surface area contributed by atoms with Crippen LogP contribution in [0.2, 0.25) is 5.02 Å². The van der Waals surface area contributed by atoms with Gasteiger partial charge in [-0.05, 0) is 49.2 Å². The average molecular weight is 569 g/mol. The summed E-state index contributed by atoms with van der Waals surface area (Å²) in [5, 5.41) is 0.774. The summed E-state index contributed by atoms with van der Waals surface area (Å²) in [5.41, 5.74) is 5.17. The number of carbonyl (C=O) groups excluding carboxylic acids is 1.